The van der Waals surface area contributed by atoms with Crippen LogP contribution in [0.25, 0.3) is 0 Å². The van der Waals surface area contributed by atoms with Gasteiger partial charge in [-0.05, 0) is 29.5 Å². The lowest BCUT2D eigenvalue weighted by Gasteiger charge is -2.19. The van der Waals surface area contributed by atoms with Crippen molar-refractivity contribution in [2.45, 2.75) is 32.6 Å². The summed E-state index contributed by atoms with van der Waals surface area (Å²) in [5.41, 5.74) is 2.68. The van der Waals surface area contributed by atoms with Crippen molar-refractivity contribution in [2.24, 2.45) is 0 Å². The van der Waals surface area contributed by atoms with Crippen LogP contribution in [0.15, 0.2) is 24.3 Å². The first kappa shape index (κ1) is 12.1. The van der Waals surface area contributed by atoms with E-state index in [0.29, 0.717) is 0 Å². The molecule has 0 aliphatic rings. The van der Waals surface area contributed by atoms with Crippen LogP contribution in [0.4, 0.5) is 5.69 Å². The number of rotatable bonds is 4. The second kappa shape index (κ2) is 5.17. The van der Waals surface area contributed by atoms with E-state index in [1.165, 1.54) is 5.56 Å². The first-order valence-corrected chi connectivity index (χ1v) is 5.49. The van der Waals surface area contributed by atoms with Crippen LogP contribution in [0, 0.1) is 0 Å². The van der Waals surface area contributed by atoms with Crippen molar-refractivity contribution in [1.82, 2.24) is 0 Å². The molecule has 0 heterocycles. The van der Waals surface area contributed by atoms with Crippen LogP contribution >= 0.6 is 0 Å². The van der Waals surface area contributed by atoms with Gasteiger partial charge in [-0.25, -0.2) is 0 Å². The quantitative estimate of drug-likeness (QED) is 0.744. The lowest BCUT2D eigenvalue weighted by molar-refractivity contribution is 0.292. The molecule has 84 valence electrons. The number of anilines is 1. The van der Waals surface area contributed by atoms with Gasteiger partial charge in [0.15, 0.2) is 0 Å². The molecule has 1 aromatic rings. The Morgan fingerprint density at radius 2 is 1.73 bits per heavy atom. The van der Waals surface area contributed by atoms with Crippen molar-refractivity contribution in [3.8, 4) is 0 Å². The average molecular weight is 207 g/mol. The number of nitrogens with one attached hydrogen (secondary N) is 1. The van der Waals surface area contributed by atoms with Crippen molar-refractivity contribution in [2.75, 3.05) is 18.5 Å². The SMILES string of the molecule is CC(C)(C)c1ccc(NCCCO)cc1. The highest BCUT2D eigenvalue weighted by Crippen LogP contribution is 2.23. The van der Waals surface area contributed by atoms with Crippen LogP contribution in [0.3, 0.4) is 0 Å². The number of aliphatic hydroxyl groups excluding tert-OH is 1. The summed E-state index contributed by atoms with van der Waals surface area (Å²) < 4.78 is 0. The predicted octanol–water partition coefficient (Wildman–Crippen LogP) is 2.78. The Morgan fingerprint density at radius 1 is 1.13 bits per heavy atom. The number of hydrogen-bond donors (Lipinski definition) is 2. The summed E-state index contributed by atoms with van der Waals surface area (Å²) in [7, 11) is 0. The van der Waals surface area contributed by atoms with Crippen LogP contribution in [-0.2, 0) is 5.41 Å². The molecule has 2 heteroatoms. The van der Waals surface area contributed by atoms with Gasteiger partial charge >= 0.3 is 0 Å². The zero-order valence-corrected chi connectivity index (χ0v) is 9.88. The zero-order valence-electron chi connectivity index (χ0n) is 9.88. The predicted molar refractivity (Wildman–Crippen MR) is 65.3 cm³/mol. The van der Waals surface area contributed by atoms with Gasteiger partial charge in [0.2, 0.25) is 0 Å². The van der Waals surface area contributed by atoms with Crippen LogP contribution in [0.2, 0.25) is 0 Å². The minimum absolute atomic E-state index is 0.212. The molecule has 0 bridgehead atoms. The van der Waals surface area contributed by atoms with Gasteiger partial charge in [-0.3, -0.25) is 0 Å². The average Bonchev–Trinajstić information content (AvgIpc) is 2.18. The third-order valence-electron chi connectivity index (χ3n) is 2.41. The molecule has 0 unspecified atom stereocenters. The van der Waals surface area contributed by atoms with Gasteiger partial charge in [-0.15, -0.1) is 0 Å². The normalized spacial score (nSPS) is 11.5. The Balaban J connectivity index is 2.57. The summed E-state index contributed by atoms with van der Waals surface area (Å²) in [5, 5.41) is 11.9. The number of aliphatic hydroxyl groups is 1. The number of benzene rings is 1. The van der Waals surface area contributed by atoms with Gasteiger partial charge in [0.25, 0.3) is 0 Å². The summed E-state index contributed by atoms with van der Waals surface area (Å²) in [4.78, 5) is 0. The second-order valence-electron chi connectivity index (χ2n) is 4.83. The summed E-state index contributed by atoms with van der Waals surface area (Å²) in [6.07, 6.45) is 0.793. The molecular weight excluding hydrogens is 186 g/mol. The van der Waals surface area contributed by atoms with Gasteiger partial charge in [0.05, 0.1) is 0 Å². The molecule has 2 nitrogen and oxygen atoms in total. The first-order chi connectivity index (χ1) is 7.04. The molecule has 1 aromatic carbocycles. The lowest BCUT2D eigenvalue weighted by atomic mass is 9.87. The van der Waals surface area contributed by atoms with E-state index in [1.54, 1.807) is 0 Å². The Morgan fingerprint density at radius 3 is 2.20 bits per heavy atom. The van der Waals surface area contributed by atoms with Gasteiger partial charge in [-0.1, -0.05) is 32.9 Å². The molecule has 0 aliphatic carbocycles. The highest BCUT2D eigenvalue weighted by molar-refractivity contribution is 5.45. The van der Waals surface area contributed by atoms with Crippen molar-refractivity contribution >= 4 is 5.69 Å². The molecule has 0 radical (unpaired) electrons. The van der Waals surface area contributed by atoms with E-state index in [2.05, 4.69) is 50.4 Å². The zero-order chi connectivity index (χ0) is 11.3. The number of hydrogen-bond acceptors (Lipinski definition) is 2. The van der Waals surface area contributed by atoms with E-state index < -0.39 is 0 Å². The van der Waals surface area contributed by atoms with Gasteiger partial charge in [0.1, 0.15) is 0 Å². The molecular formula is C13H21NO. The van der Waals surface area contributed by atoms with E-state index in [-0.39, 0.29) is 12.0 Å². The van der Waals surface area contributed by atoms with Crippen molar-refractivity contribution < 1.29 is 5.11 Å². The van der Waals surface area contributed by atoms with E-state index in [0.717, 1.165) is 18.7 Å². The summed E-state index contributed by atoms with van der Waals surface area (Å²) in [6, 6.07) is 8.50. The Bertz CT molecular complexity index is 284. The van der Waals surface area contributed by atoms with Crippen LogP contribution in [-0.4, -0.2) is 18.3 Å². The molecule has 0 saturated heterocycles. The van der Waals surface area contributed by atoms with E-state index in [4.69, 9.17) is 5.11 Å². The third kappa shape index (κ3) is 3.92. The van der Waals surface area contributed by atoms with E-state index >= 15 is 0 Å². The third-order valence-corrected chi connectivity index (χ3v) is 2.41. The lowest BCUT2D eigenvalue weighted by Crippen LogP contribution is -2.11. The topological polar surface area (TPSA) is 32.3 Å². The summed E-state index contributed by atoms with van der Waals surface area (Å²) in [5.74, 6) is 0. The van der Waals surface area contributed by atoms with Crippen molar-refractivity contribution in [3.63, 3.8) is 0 Å². The molecule has 0 aliphatic heterocycles. The highest BCUT2D eigenvalue weighted by Gasteiger charge is 2.12. The smallest absolute Gasteiger partial charge is 0.0447 e. The van der Waals surface area contributed by atoms with Crippen LogP contribution in [0.5, 0.6) is 0 Å². The first-order valence-electron chi connectivity index (χ1n) is 5.49. The van der Waals surface area contributed by atoms with E-state index in [1.807, 2.05) is 0 Å². The fourth-order valence-electron chi connectivity index (χ4n) is 1.40. The van der Waals surface area contributed by atoms with Gasteiger partial charge < -0.3 is 10.4 Å². The Labute approximate surface area is 92.3 Å². The molecule has 0 saturated carbocycles. The largest absolute Gasteiger partial charge is 0.396 e. The second-order valence-corrected chi connectivity index (χ2v) is 4.83. The van der Waals surface area contributed by atoms with E-state index in [9.17, 15) is 0 Å². The standard InChI is InChI=1S/C13H21NO/c1-13(2,3)11-5-7-12(8-6-11)14-9-4-10-15/h5-8,14-15H,4,9-10H2,1-3H3. The van der Waals surface area contributed by atoms with Crippen molar-refractivity contribution in [1.29, 1.82) is 0 Å². The van der Waals surface area contributed by atoms with Gasteiger partial charge in [-0.2, -0.15) is 0 Å². The Kier molecular flexibility index (Phi) is 4.15. The molecule has 1 rings (SSSR count). The highest BCUT2D eigenvalue weighted by atomic mass is 16.3. The maximum Gasteiger partial charge on any atom is 0.0447 e. The maximum atomic E-state index is 8.66. The molecule has 0 atom stereocenters. The fraction of sp³-hybridized carbons (Fsp3) is 0.538. The van der Waals surface area contributed by atoms with Crippen LogP contribution in [0.1, 0.15) is 32.8 Å². The summed E-state index contributed by atoms with van der Waals surface area (Å²) in [6.45, 7) is 7.70. The molecule has 0 aromatic heterocycles. The molecule has 0 fully saturated rings. The minimum atomic E-state index is 0.212. The summed E-state index contributed by atoms with van der Waals surface area (Å²) >= 11 is 0. The molecule has 0 amide bonds. The van der Waals surface area contributed by atoms with Crippen LogP contribution < -0.4 is 5.32 Å². The molecule has 15 heavy (non-hydrogen) atoms. The van der Waals surface area contributed by atoms with Crippen molar-refractivity contribution in [3.05, 3.63) is 29.8 Å². The Hall–Kier alpha value is -1.02. The molecule has 2 N–H and O–H groups in total. The molecule has 0 spiro atoms. The fourth-order valence-corrected chi connectivity index (χ4v) is 1.40. The maximum absolute atomic E-state index is 8.66. The minimum Gasteiger partial charge on any atom is -0.396 e. The van der Waals surface area contributed by atoms with Gasteiger partial charge in [0, 0.05) is 18.8 Å². The monoisotopic (exact) mass is 207 g/mol.